The molecule has 2 aromatic rings. The number of fused-ring (bicyclic) bond motifs is 1. The van der Waals surface area contributed by atoms with E-state index in [1.165, 1.54) is 0 Å². The molecule has 6 nitrogen and oxygen atoms in total. The maximum atomic E-state index is 12.6. The Morgan fingerprint density at radius 3 is 2.67 bits per heavy atom. The number of carbonyl (C=O) groups excluding carboxylic acids is 1. The number of para-hydroxylation sites is 1. The number of amides is 1. The summed E-state index contributed by atoms with van der Waals surface area (Å²) in [5, 5.41) is 9.90. The van der Waals surface area contributed by atoms with Crippen LogP contribution in [0.3, 0.4) is 0 Å². The summed E-state index contributed by atoms with van der Waals surface area (Å²) in [6.45, 7) is 4.60. The molecular formula is C17H23N3O3S. The Bertz CT molecular complexity index is 683. The molecule has 0 saturated heterocycles. The van der Waals surface area contributed by atoms with Crippen molar-refractivity contribution in [2.75, 3.05) is 20.1 Å². The first-order valence-corrected chi connectivity index (χ1v) is 8.79. The summed E-state index contributed by atoms with van der Waals surface area (Å²) in [4.78, 5) is 31.5. The van der Waals surface area contributed by atoms with E-state index in [0.717, 1.165) is 21.6 Å². The predicted molar refractivity (Wildman–Crippen MR) is 95.1 cm³/mol. The number of aromatic nitrogens is 1. The number of thiazole rings is 1. The summed E-state index contributed by atoms with van der Waals surface area (Å²) in [6, 6.07) is 7.40. The van der Waals surface area contributed by atoms with Crippen molar-refractivity contribution >= 4 is 33.4 Å². The number of hydrogen-bond acceptors (Lipinski definition) is 5. The molecule has 1 N–H and O–H groups in total. The van der Waals surface area contributed by atoms with Gasteiger partial charge in [-0.2, -0.15) is 0 Å². The third kappa shape index (κ3) is 4.52. The summed E-state index contributed by atoms with van der Waals surface area (Å²) in [6.07, 6.45) is 0.798. The Morgan fingerprint density at radius 1 is 1.33 bits per heavy atom. The van der Waals surface area contributed by atoms with Crippen LogP contribution in [-0.4, -0.2) is 57.9 Å². The van der Waals surface area contributed by atoms with Crippen molar-refractivity contribution in [3.8, 4) is 0 Å². The number of nitrogens with zero attached hydrogens (tertiary/aromatic N) is 3. The van der Waals surface area contributed by atoms with E-state index in [0.29, 0.717) is 13.1 Å². The molecule has 1 amide bonds. The minimum Gasteiger partial charge on any atom is -0.480 e. The van der Waals surface area contributed by atoms with Crippen LogP contribution >= 0.6 is 11.3 Å². The van der Waals surface area contributed by atoms with Crippen LogP contribution in [0.2, 0.25) is 0 Å². The molecule has 1 unspecified atom stereocenters. The normalized spacial score (nSPS) is 12.5. The molecule has 0 bridgehead atoms. The first-order valence-electron chi connectivity index (χ1n) is 7.97. The van der Waals surface area contributed by atoms with Crippen LogP contribution in [0, 0.1) is 0 Å². The Labute approximate surface area is 145 Å². The Morgan fingerprint density at radius 2 is 2.04 bits per heavy atom. The lowest BCUT2D eigenvalue weighted by Crippen LogP contribution is -2.47. The van der Waals surface area contributed by atoms with Crippen LogP contribution in [0.15, 0.2) is 24.3 Å². The second-order valence-corrected chi connectivity index (χ2v) is 6.93. The summed E-state index contributed by atoms with van der Waals surface area (Å²) >= 11 is 1.57. The van der Waals surface area contributed by atoms with Crippen LogP contribution in [0.1, 0.15) is 25.3 Å². The van der Waals surface area contributed by atoms with Gasteiger partial charge >= 0.3 is 5.97 Å². The smallest absolute Gasteiger partial charge is 0.317 e. The zero-order valence-corrected chi connectivity index (χ0v) is 15.0. The highest BCUT2D eigenvalue weighted by molar-refractivity contribution is 7.18. The molecule has 0 radical (unpaired) electrons. The number of likely N-dealkylation sites (N-methyl/N-ethyl adjacent to an activating group) is 1. The maximum Gasteiger partial charge on any atom is 0.317 e. The number of carbonyl (C=O) groups is 2. The van der Waals surface area contributed by atoms with E-state index >= 15 is 0 Å². The van der Waals surface area contributed by atoms with E-state index in [9.17, 15) is 9.59 Å². The first kappa shape index (κ1) is 18.4. The van der Waals surface area contributed by atoms with Gasteiger partial charge < -0.3 is 10.0 Å². The van der Waals surface area contributed by atoms with Gasteiger partial charge in [-0.25, -0.2) is 4.98 Å². The van der Waals surface area contributed by atoms with E-state index in [2.05, 4.69) is 4.98 Å². The fourth-order valence-corrected chi connectivity index (χ4v) is 3.63. The molecule has 0 saturated carbocycles. The van der Waals surface area contributed by atoms with E-state index in [4.69, 9.17) is 5.11 Å². The minimum atomic E-state index is -0.920. The molecule has 1 aromatic heterocycles. The van der Waals surface area contributed by atoms with E-state index in [1.54, 1.807) is 35.1 Å². The molecule has 0 aliphatic rings. The van der Waals surface area contributed by atoms with Crippen LogP contribution in [0.4, 0.5) is 0 Å². The third-order valence-electron chi connectivity index (χ3n) is 3.84. The summed E-state index contributed by atoms with van der Waals surface area (Å²) in [5.74, 6) is -1.01. The topological polar surface area (TPSA) is 73.7 Å². The molecule has 1 heterocycles. The number of carboxylic acids is 1. The quantitative estimate of drug-likeness (QED) is 0.792. The number of aliphatic carboxylic acids is 1. The van der Waals surface area contributed by atoms with Crippen LogP contribution in [-0.2, 0) is 16.1 Å². The van der Waals surface area contributed by atoms with Gasteiger partial charge in [0.2, 0.25) is 5.91 Å². The second kappa shape index (κ2) is 8.21. The largest absolute Gasteiger partial charge is 0.480 e. The van der Waals surface area contributed by atoms with Crippen LogP contribution in [0.5, 0.6) is 0 Å². The zero-order valence-electron chi connectivity index (χ0n) is 14.2. The SMILES string of the molecule is CCCN(CC(=O)O)C(C)C(=O)N(C)Cc1nc2ccccc2s1. The Hall–Kier alpha value is -1.99. The first-order chi connectivity index (χ1) is 11.4. The Balaban J connectivity index is 2.05. The average molecular weight is 349 g/mol. The van der Waals surface area contributed by atoms with E-state index < -0.39 is 12.0 Å². The minimum absolute atomic E-state index is 0.0936. The summed E-state index contributed by atoms with van der Waals surface area (Å²) < 4.78 is 1.10. The molecule has 0 fully saturated rings. The van der Waals surface area contributed by atoms with Crippen molar-refractivity contribution in [3.05, 3.63) is 29.3 Å². The fourth-order valence-electron chi connectivity index (χ4n) is 2.61. The zero-order chi connectivity index (χ0) is 17.7. The number of rotatable bonds is 8. The maximum absolute atomic E-state index is 12.6. The molecular weight excluding hydrogens is 326 g/mol. The highest BCUT2D eigenvalue weighted by Crippen LogP contribution is 2.22. The summed E-state index contributed by atoms with van der Waals surface area (Å²) in [7, 11) is 1.73. The van der Waals surface area contributed by atoms with Gasteiger partial charge in [0.1, 0.15) is 5.01 Å². The second-order valence-electron chi connectivity index (χ2n) is 5.81. The molecule has 0 aliphatic heterocycles. The third-order valence-corrected chi connectivity index (χ3v) is 4.86. The van der Waals surface area contributed by atoms with Gasteiger partial charge in [-0.15, -0.1) is 11.3 Å². The van der Waals surface area contributed by atoms with Gasteiger partial charge in [-0.1, -0.05) is 19.1 Å². The molecule has 1 aromatic carbocycles. The van der Waals surface area contributed by atoms with Gasteiger partial charge in [-0.3, -0.25) is 14.5 Å². The van der Waals surface area contributed by atoms with E-state index in [-0.39, 0.29) is 12.5 Å². The van der Waals surface area contributed by atoms with Crippen molar-refractivity contribution in [2.45, 2.75) is 32.9 Å². The standard InChI is InChI=1S/C17H23N3O3S/c1-4-9-20(11-16(21)22)12(2)17(23)19(3)10-15-18-13-7-5-6-8-14(13)24-15/h5-8,12H,4,9-11H2,1-3H3,(H,21,22). The average Bonchev–Trinajstić information content (AvgIpc) is 2.94. The Kier molecular flexibility index (Phi) is 6.28. The predicted octanol–water partition coefficient (Wildman–Crippen LogP) is 2.44. The molecule has 0 spiro atoms. The van der Waals surface area contributed by atoms with E-state index in [1.807, 2.05) is 31.2 Å². The number of carboxylic acid groups (broad SMARTS) is 1. The lowest BCUT2D eigenvalue weighted by molar-refractivity contribution is -0.142. The number of benzene rings is 1. The molecule has 7 heteroatoms. The fraction of sp³-hybridized carbons (Fsp3) is 0.471. The van der Waals surface area contributed by atoms with Crippen LogP contribution < -0.4 is 0 Å². The molecule has 24 heavy (non-hydrogen) atoms. The van der Waals surface area contributed by atoms with Gasteiger partial charge in [-0.05, 0) is 32.0 Å². The lowest BCUT2D eigenvalue weighted by atomic mass is 10.2. The van der Waals surface area contributed by atoms with Crippen molar-refractivity contribution in [1.82, 2.24) is 14.8 Å². The highest BCUT2D eigenvalue weighted by Gasteiger charge is 2.25. The van der Waals surface area contributed by atoms with Crippen molar-refractivity contribution in [1.29, 1.82) is 0 Å². The number of hydrogen-bond donors (Lipinski definition) is 1. The van der Waals surface area contributed by atoms with Gasteiger partial charge in [0.05, 0.1) is 29.3 Å². The molecule has 0 aliphatic carbocycles. The van der Waals surface area contributed by atoms with Gasteiger partial charge in [0, 0.05) is 7.05 Å². The van der Waals surface area contributed by atoms with Crippen LogP contribution in [0.25, 0.3) is 10.2 Å². The molecule has 1 atom stereocenters. The van der Waals surface area contributed by atoms with Crippen molar-refractivity contribution < 1.29 is 14.7 Å². The van der Waals surface area contributed by atoms with Crippen molar-refractivity contribution in [2.24, 2.45) is 0 Å². The molecule has 130 valence electrons. The molecule has 2 rings (SSSR count). The lowest BCUT2D eigenvalue weighted by Gasteiger charge is -2.29. The summed E-state index contributed by atoms with van der Waals surface area (Å²) in [5.41, 5.74) is 0.935. The monoisotopic (exact) mass is 349 g/mol. The highest BCUT2D eigenvalue weighted by atomic mass is 32.1. The van der Waals surface area contributed by atoms with Crippen molar-refractivity contribution in [3.63, 3.8) is 0 Å². The van der Waals surface area contributed by atoms with Gasteiger partial charge in [0.15, 0.2) is 0 Å². The van der Waals surface area contributed by atoms with Gasteiger partial charge in [0.25, 0.3) is 0 Å².